The second-order valence-electron chi connectivity index (χ2n) is 5.61. The van der Waals surface area contributed by atoms with Crippen molar-refractivity contribution >= 4 is 0 Å². The van der Waals surface area contributed by atoms with Gasteiger partial charge in [-0.3, -0.25) is 0 Å². The van der Waals surface area contributed by atoms with Crippen molar-refractivity contribution in [3.05, 3.63) is 23.8 Å². The molecule has 2 heterocycles. The van der Waals surface area contributed by atoms with Gasteiger partial charge in [0.25, 0.3) is 0 Å². The molecule has 0 aliphatic carbocycles. The Kier molecular flexibility index (Phi) is 4.95. The highest BCUT2D eigenvalue weighted by Gasteiger charge is 2.17. The Morgan fingerprint density at radius 1 is 1.24 bits per heavy atom. The molecule has 3 rings (SSSR count). The van der Waals surface area contributed by atoms with E-state index in [-0.39, 0.29) is 6.79 Å². The monoisotopic (exact) mass is 293 g/mol. The number of aliphatic hydroxyl groups is 1. The van der Waals surface area contributed by atoms with Crippen LogP contribution in [0.5, 0.6) is 11.5 Å². The van der Waals surface area contributed by atoms with Gasteiger partial charge in [0.05, 0.1) is 12.2 Å². The zero-order valence-electron chi connectivity index (χ0n) is 12.2. The van der Waals surface area contributed by atoms with E-state index in [0.29, 0.717) is 18.4 Å². The molecular formula is C16H23NO4. The Labute approximate surface area is 125 Å². The summed E-state index contributed by atoms with van der Waals surface area (Å²) in [7, 11) is 0. The fourth-order valence-corrected chi connectivity index (χ4v) is 2.78. The van der Waals surface area contributed by atoms with Gasteiger partial charge >= 0.3 is 0 Å². The molecule has 0 bridgehead atoms. The average Bonchev–Trinajstić information content (AvgIpc) is 3.00. The Morgan fingerprint density at radius 2 is 2.14 bits per heavy atom. The van der Waals surface area contributed by atoms with Crippen molar-refractivity contribution in [2.45, 2.75) is 37.9 Å². The Morgan fingerprint density at radius 3 is 3.00 bits per heavy atom. The van der Waals surface area contributed by atoms with Crippen LogP contribution in [0.2, 0.25) is 0 Å². The van der Waals surface area contributed by atoms with Crippen LogP contribution in [0.15, 0.2) is 18.2 Å². The van der Waals surface area contributed by atoms with Crippen molar-refractivity contribution in [3.63, 3.8) is 0 Å². The van der Waals surface area contributed by atoms with E-state index in [0.717, 1.165) is 37.3 Å². The van der Waals surface area contributed by atoms with Gasteiger partial charge in [-0.15, -0.1) is 0 Å². The molecule has 0 radical (unpaired) electrons. The van der Waals surface area contributed by atoms with Crippen LogP contribution >= 0.6 is 0 Å². The summed E-state index contributed by atoms with van der Waals surface area (Å²) in [6, 6.07) is 5.57. The first-order valence-electron chi connectivity index (χ1n) is 7.73. The number of hydrogen-bond donors (Lipinski definition) is 2. The maximum atomic E-state index is 10.2. The van der Waals surface area contributed by atoms with E-state index in [1.165, 1.54) is 12.8 Å². The number of benzene rings is 1. The molecule has 0 saturated carbocycles. The molecule has 0 amide bonds. The molecule has 1 aromatic rings. The van der Waals surface area contributed by atoms with Crippen LogP contribution < -0.4 is 14.8 Å². The Bertz CT molecular complexity index is 460. The summed E-state index contributed by atoms with van der Waals surface area (Å²) in [6.07, 6.45) is 4.47. The number of ether oxygens (including phenoxy) is 3. The molecular weight excluding hydrogens is 270 g/mol. The molecule has 2 unspecified atom stereocenters. The minimum Gasteiger partial charge on any atom is -0.454 e. The first kappa shape index (κ1) is 14.6. The van der Waals surface area contributed by atoms with Crippen LogP contribution in [0.1, 0.15) is 37.4 Å². The van der Waals surface area contributed by atoms with Crippen molar-refractivity contribution < 1.29 is 19.3 Å². The van der Waals surface area contributed by atoms with Gasteiger partial charge in [-0.05, 0) is 49.9 Å². The molecule has 1 saturated heterocycles. The molecule has 2 N–H and O–H groups in total. The highest BCUT2D eigenvalue weighted by molar-refractivity contribution is 5.45. The molecule has 1 aromatic carbocycles. The van der Waals surface area contributed by atoms with E-state index in [2.05, 4.69) is 5.32 Å². The highest BCUT2D eigenvalue weighted by Crippen LogP contribution is 2.34. The zero-order valence-corrected chi connectivity index (χ0v) is 12.2. The molecule has 2 atom stereocenters. The number of hydrogen-bond acceptors (Lipinski definition) is 5. The molecule has 5 heteroatoms. The molecule has 116 valence electrons. The summed E-state index contributed by atoms with van der Waals surface area (Å²) in [4.78, 5) is 0. The summed E-state index contributed by atoms with van der Waals surface area (Å²) in [5.74, 6) is 1.45. The van der Waals surface area contributed by atoms with E-state index < -0.39 is 6.10 Å². The van der Waals surface area contributed by atoms with E-state index in [1.807, 2.05) is 18.2 Å². The SMILES string of the molecule is OC(CNCCC1CCCCO1)c1ccc2c(c1)OCO2. The smallest absolute Gasteiger partial charge is 0.231 e. The molecule has 0 aromatic heterocycles. The normalized spacial score (nSPS) is 22.2. The van der Waals surface area contributed by atoms with Gasteiger partial charge in [0, 0.05) is 13.2 Å². The summed E-state index contributed by atoms with van der Waals surface area (Å²) >= 11 is 0. The minimum absolute atomic E-state index is 0.258. The number of nitrogens with one attached hydrogen (secondary N) is 1. The van der Waals surface area contributed by atoms with Crippen LogP contribution in [-0.2, 0) is 4.74 Å². The van der Waals surface area contributed by atoms with Crippen LogP contribution in [0.4, 0.5) is 0 Å². The standard InChI is InChI=1S/C16H23NO4/c18-14(10-17-7-6-13-3-1-2-8-19-13)12-4-5-15-16(9-12)21-11-20-15/h4-5,9,13-14,17-18H,1-3,6-8,10-11H2. The third-order valence-electron chi connectivity index (χ3n) is 4.04. The van der Waals surface area contributed by atoms with Gasteiger partial charge in [-0.2, -0.15) is 0 Å². The van der Waals surface area contributed by atoms with Crippen LogP contribution in [0, 0.1) is 0 Å². The quantitative estimate of drug-likeness (QED) is 0.786. The summed E-state index contributed by atoms with van der Waals surface area (Å²) in [6.45, 7) is 2.55. The number of fused-ring (bicyclic) bond motifs is 1. The fraction of sp³-hybridized carbons (Fsp3) is 0.625. The molecule has 0 spiro atoms. The lowest BCUT2D eigenvalue weighted by molar-refractivity contribution is 0.0111. The lowest BCUT2D eigenvalue weighted by Gasteiger charge is -2.22. The number of aliphatic hydroxyl groups excluding tert-OH is 1. The van der Waals surface area contributed by atoms with Crippen LogP contribution in [0.25, 0.3) is 0 Å². The second kappa shape index (κ2) is 7.11. The topological polar surface area (TPSA) is 60.0 Å². The first-order valence-corrected chi connectivity index (χ1v) is 7.73. The van der Waals surface area contributed by atoms with Crippen molar-refractivity contribution in [2.24, 2.45) is 0 Å². The van der Waals surface area contributed by atoms with Gasteiger partial charge in [0.15, 0.2) is 11.5 Å². The fourth-order valence-electron chi connectivity index (χ4n) is 2.78. The van der Waals surface area contributed by atoms with Crippen molar-refractivity contribution in [1.82, 2.24) is 5.32 Å². The van der Waals surface area contributed by atoms with Crippen LogP contribution in [0.3, 0.4) is 0 Å². The summed E-state index contributed by atoms with van der Waals surface area (Å²) < 4.78 is 16.3. The molecule has 5 nitrogen and oxygen atoms in total. The van der Waals surface area contributed by atoms with Gasteiger partial charge < -0.3 is 24.6 Å². The first-order chi connectivity index (χ1) is 10.3. The Balaban J connectivity index is 1.40. The van der Waals surface area contributed by atoms with E-state index >= 15 is 0 Å². The maximum absolute atomic E-state index is 10.2. The average molecular weight is 293 g/mol. The minimum atomic E-state index is -0.535. The van der Waals surface area contributed by atoms with Crippen molar-refractivity contribution in [3.8, 4) is 11.5 Å². The molecule has 2 aliphatic rings. The van der Waals surface area contributed by atoms with Crippen molar-refractivity contribution in [1.29, 1.82) is 0 Å². The molecule has 21 heavy (non-hydrogen) atoms. The van der Waals surface area contributed by atoms with Gasteiger partial charge in [-0.25, -0.2) is 0 Å². The summed E-state index contributed by atoms with van der Waals surface area (Å²) in [5, 5.41) is 13.5. The van der Waals surface area contributed by atoms with E-state index in [1.54, 1.807) is 0 Å². The third-order valence-corrected chi connectivity index (χ3v) is 4.04. The van der Waals surface area contributed by atoms with Crippen LogP contribution in [-0.4, -0.2) is 37.7 Å². The largest absolute Gasteiger partial charge is 0.454 e. The lowest BCUT2D eigenvalue weighted by atomic mass is 10.1. The molecule has 1 fully saturated rings. The van der Waals surface area contributed by atoms with E-state index in [4.69, 9.17) is 14.2 Å². The van der Waals surface area contributed by atoms with E-state index in [9.17, 15) is 5.11 Å². The summed E-state index contributed by atoms with van der Waals surface area (Å²) in [5.41, 5.74) is 0.848. The van der Waals surface area contributed by atoms with Gasteiger partial charge in [0.2, 0.25) is 6.79 Å². The maximum Gasteiger partial charge on any atom is 0.231 e. The lowest BCUT2D eigenvalue weighted by Crippen LogP contribution is -2.28. The number of rotatable bonds is 6. The Hall–Kier alpha value is -1.30. The predicted octanol–water partition coefficient (Wildman–Crippen LogP) is 2.00. The molecule has 2 aliphatic heterocycles. The zero-order chi connectivity index (χ0) is 14.5. The second-order valence-corrected chi connectivity index (χ2v) is 5.61. The van der Waals surface area contributed by atoms with Gasteiger partial charge in [0.1, 0.15) is 0 Å². The predicted molar refractivity (Wildman–Crippen MR) is 78.6 cm³/mol. The highest BCUT2D eigenvalue weighted by atomic mass is 16.7. The third kappa shape index (κ3) is 3.87. The van der Waals surface area contributed by atoms with Gasteiger partial charge in [-0.1, -0.05) is 6.07 Å². The van der Waals surface area contributed by atoms with Crippen molar-refractivity contribution in [2.75, 3.05) is 26.5 Å².